The van der Waals surface area contributed by atoms with Crippen molar-refractivity contribution in [2.75, 3.05) is 32.7 Å². The number of nitrogen functional groups attached to an aromatic ring is 1. The Kier molecular flexibility index (Phi) is 5.29. The maximum atomic E-state index is 11.8. The third-order valence-corrected chi connectivity index (χ3v) is 2.07. The highest BCUT2D eigenvalue weighted by atomic mass is 16.6. The van der Waals surface area contributed by atoms with Gasteiger partial charge in [0.15, 0.2) is 5.75 Å². The average Bonchev–Trinajstić information content (AvgIpc) is 2.32. The number of ether oxygens (including phenoxy) is 3. The molecule has 5 nitrogen and oxygen atoms in total. The molecule has 0 spiro atoms. The molecule has 17 heavy (non-hydrogen) atoms. The van der Waals surface area contributed by atoms with Crippen LogP contribution in [-0.2, 0) is 9.47 Å². The molecule has 0 saturated carbocycles. The molecule has 1 aromatic carbocycles. The van der Waals surface area contributed by atoms with Crippen LogP contribution in [0.25, 0.3) is 0 Å². The third-order valence-electron chi connectivity index (χ3n) is 2.07. The summed E-state index contributed by atoms with van der Waals surface area (Å²) in [5, 5.41) is 0. The summed E-state index contributed by atoms with van der Waals surface area (Å²) in [4.78, 5) is 11.8. The standard InChI is InChI=1S/C12H17NO4/c1-3-16-11-9(5-4-6-10(11)13)12(14)17-8-7-15-2/h4-6H,3,7-8,13H2,1-2H3. The van der Waals surface area contributed by atoms with E-state index in [9.17, 15) is 4.79 Å². The first-order valence-corrected chi connectivity index (χ1v) is 5.38. The van der Waals surface area contributed by atoms with Gasteiger partial charge in [-0.2, -0.15) is 0 Å². The molecule has 94 valence electrons. The van der Waals surface area contributed by atoms with Crippen molar-refractivity contribution < 1.29 is 19.0 Å². The number of para-hydroxylation sites is 1. The van der Waals surface area contributed by atoms with Gasteiger partial charge in [-0.15, -0.1) is 0 Å². The van der Waals surface area contributed by atoms with Gasteiger partial charge in [0, 0.05) is 7.11 Å². The van der Waals surface area contributed by atoms with E-state index >= 15 is 0 Å². The van der Waals surface area contributed by atoms with Crippen LogP contribution in [0.1, 0.15) is 17.3 Å². The van der Waals surface area contributed by atoms with Crippen LogP contribution in [0.3, 0.4) is 0 Å². The van der Waals surface area contributed by atoms with Gasteiger partial charge in [-0.1, -0.05) is 6.07 Å². The Hall–Kier alpha value is -1.75. The number of carbonyl (C=O) groups is 1. The fraction of sp³-hybridized carbons (Fsp3) is 0.417. The van der Waals surface area contributed by atoms with Crippen molar-refractivity contribution in [2.45, 2.75) is 6.92 Å². The average molecular weight is 239 g/mol. The smallest absolute Gasteiger partial charge is 0.342 e. The second kappa shape index (κ2) is 6.75. The summed E-state index contributed by atoms with van der Waals surface area (Å²) >= 11 is 0. The maximum Gasteiger partial charge on any atom is 0.342 e. The molecule has 2 N–H and O–H groups in total. The van der Waals surface area contributed by atoms with Crippen molar-refractivity contribution in [3.8, 4) is 5.75 Å². The molecule has 0 fully saturated rings. The van der Waals surface area contributed by atoms with E-state index in [-0.39, 0.29) is 6.61 Å². The van der Waals surface area contributed by atoms with Crippen molar-refractivity contribution >= 4 is 11.7 Å². The van der Waals surface area contributed by atoms with E-state index in [4.69, 9.17) is 19.9 Å². The van der Waals surface area contributed by atoms with Crippen molar-refractivity contribution in [2.24, 2.45) is 0 Å². The van der Waals surface area contributed by atoms with Gasteiger partial charge in [-0.25, -0.2) is 4.79 Å². The van der Waals surface area contributed by atoms with E-state index < -0.39 is 5.97 Å². The minimum Gasteiger partial charge on any atom is -0.491 e. The Morgan fingerprint density at radius 2 is 2.12 bits per heavy atom. The van der Waals surface area contributed by atoms with Gasteiger partial charge >= 0.3 is 5.97 Å². The Bertz CT molecular complexity index is 379. The van der Waals surface area contributed by atoms with E-state index in [1.54, 1.807) is 25.3 Å². The zero-order valence-electron chi connectivity index (χ0n) is 10.1. The zero-order chi connectivity index (χ0) is 12.7. The van der Waals surface area contributed by atoms with E-state index in [2.05, 4.69) is 0 Å². The van der Waals surface area contributed by atoms with Crippen molar-refractivity contribution in [1.82, 2.24) is 0 Å². The third kappa shape index (κ3) is 3.64. The Morgan fingerprint density at radius 3 is 2.76 bits per heavy atom. The second-order valence-corrected chi connectivity index (χ2v) is 3.29. The number of benzene rings is 1. The molecule has 5 heteroatoms. The minimum atomic E-state index is -0.460. The molecule has 0 heterocycles. The number of esters is 1. The minimum absolute atomic E-state index is 0.204. The molecule has 0 unspecified atom stereocenters. The fourth-order valence-electron chi connectivity index (χ4n) is 1.32. The predicted molar refractivity (Wildman–Crippen MR) is 64.2 cm³/mol. The first kappa shape index (κ1) is 13.3. The summed E-state index contributed by atoms with van der Waals surface area (Å²) in [6.07, 6.45) is 0. The predicted octanol–water partition coefficient (Wildman–Crippen LogP) is 1.47. The van der Waals surface area contributed by atoms with E-state index in [0.717, 1.165) is 0 Å². The molecule has 0 aliphatic heterocycles. The summed E-state index contributed by atoms with van der Waals surface area (Å²) in [6, 6.07) is 4.98. The van der Waals surface area contributed by atoms with Crippen molar-refractivity contribution in [3.05, 3.63) is 23.8 Å². The molecular formula is C12H17NO4. The van der Waals surface area contributed by atoms with Gasteiger partial charge in [0.2, 0.25) is 0 Å². The number of hydrogen-bond donors (Lipinski definition) is 1. The number of nitrogens with two attached hydrogens (primary N) is 1. The van der Waals surface area contributed by atoms with Gasteiger partial charge < -0.3 is 19.9 Å². The monoisotopic (exact) mass is 239 g/mol. The molecule has 1 aromatic rings. The van der Waals surface area contributed by atoms with Crippen LogP contribution in [0, 0.1) is 0 Å². The number of anilines is 1. The van der Waals surface area contributed by atoms with Gasteiger partial charge in [-0.3, -0.25) is 0 Å². The normalized spacial score (nSPS) is 10.0. The van der Waals surface area contributed by atoms with Crippen LogP contribution in [0.5, 0.6) is 5.75 Å². The molecule has 0 radical (unpaired) electrons. The Morgan fingerprint density at radius 1 is 1.35 bits per heavy atom. The van der Waals surface area contributed by atoms with Crippen LogP contribution < -0.4 is 10.5 Å². The second-order valence-electron chi connectivity index (χ2n) is 3.29. The maximum absolute atomic E-state index is 11.8. The molecule has 1 rings (SSSR count). The number of hydrogen-bond acceptors (Lipinski definition) is 5. The van der Waals surface area contributed by atoms with Crippen LogP contribution in [0.2, 0.25) is 0 Å². The van der Waals surface area contributed by atoms with Gasteiger partial charge in [0.1, 0.15) is 12.2 Å². The fourth-order valence-corrected chi connectivity index (χ4v) is 1.32. The highest BCUT2D eigenvalue weighted by Gasteiger charge is 2.15. The number of rotatable bonds is 6. The van der Waals surface area contributed by atoms with E-state index in [1.165, 1.54) is 0 Å². The number of methoxy groups -OCH3 is 1. The topological polar surface area (TPSA) is 70.8 Å². The van der Waals surface area contributed by atoms with Crippen molar-refractivity contribution in [1.29, 1.82) is 0 Å². The molecule has 0 atom stereocenters. The SMILES string of the molecule is CCOc1c(N)cccc1C(=O)OCCOC. The molecule has 0 saturated heterocycles. The first-order valence-electron chi connectivity index (χ1n) is 5.38. The molecule has 0 aromatic heterocycles. The van der Waals surface area contributed by atoms with Crippen LogP contribution in [0.15, 0.2) is 18.2 Å². The molecule has 0 aliphatic carbocycles. The highest BCUT2D eigenvalue weighted by Crippen LogP contribution is 2.26. The Balaban J connectivity index is 2.81. The number of carbonyl (C=O) groups excluding carboxylic acids is 1. The lowest BCUT2D eigenvalue weighted by Crippen LogP contribution is -2.12. The lowest BCUT2D eigenvalue weighted by atomic mass is 10.2. The lowest BCUT2D eigenvalue weighted by molar-refractivity contribution is 0.0384. The molecule has 0 amide bonds. The van der Waals surface area contributed by atoms with E-state index in [1.807, 2.05) is 6.92 Å². The lowest BCUT2D eigenvalue weighted by Gasteiger charge is -2.11. The van der Waals surface area contributed by atoms with Gasteiger partial charge in [0.05, 0.1) is 18.9 Å². The zero-order valence-corrected chi connectivity index (χ0v) is 10.1. The van der Waals surface area contributed by atoms with E-state index in [0.29, 0.717) is 30.2 Å². The summed E-state index contributed by atoms with van der Waals surface area (Å²) < 4.78 is 15.1. The largest absolute Gasteiger partial charge is 0.491 e. The summed E-state index contributed by atoms with van der Waals surface area (Å²) in [5.41, 5.74) is 6.50. The van der Waals surface area contributed by atoms with Crippen molar-refractivity contribution in [3.63, 3.8) is 0 Å². The quantitative estimate of drug-likeness (QED) is 0.462. The van der Waals surface area contributed by atoms with Crippen LogP contribution >= 0.6 is 0 Å². The first-order chi connectivity index (χ1) is 8.20. The molecule has 0 aliphatic rings. The summed E-state index contributed by atoms with van der Waals surface area (Å²) in [5.74, 6) is -0.0878. The van der Waals surface area contributed by atoms with Gasteiger partial charge in [0.25, 0.3) is 0 Å². The molecule has 0 bridgehead atoms. The highest BCUT2D eigenvalue weighted by molar-refractivity contribution is 5.94. The van der Waals surface area contributed by atoms with Crippen LogP contribution in [-0.4, -0.2) is 32.9 Å². The molecular weight excluding hydrogens is 222 g/mol. The Labute approximate surface area is 100 Å². The summed E-state index contributed by atoms with van der Waals surface area (Å²) in [6.45, 7) is 2.83. The van der Waals surface area contributed by atoms with Crippen LogP contribution in [0.4, 0.5) is 5.69 Å². The summed E-state index contributed by atoms with van der Waals surface area (Å²) in [7, 11) is 1.54. The van der Waals surface area contributed by atoms with Gasteiger partial charge in [-0.05, 0) is 19.1 Å².